The van der Waals surface area contributed by atoms with E-state index < -0.39 is 47.8 Å². The quantitative estimate of drug-likeness (QED) is 0.0239. The van der Waals surface area contributed by atoms with Gasteiger partial charge in [0, 0.05) is 62.1 Å². The first-order valence-corrected chi connectivity index (χ1v) is 23.1. The number of amides is 5. The van der Waals surface area contributed by atoms with Gasteiger partial charge in [-0.25, -0.2) is 9.97 Å². The molecule has 354 valence electrons. The first-order chi connectivity index (χ1) is 30.8. The minimum Gasteiger partial charge on any atom is -0.508 e. The maximum Gasteiger partial charge on any atom is 0.243 e. The second-order valence-electron chi connectivity index (χ2n) is 16.8. The van der Waals surface area contributed by atoms with Crippen molar-refractivity contribution in [3.8, 4) is 5.75 Å². The van der Waals surface area contributed by atoms with E-state index in [1.54, 1.807) is 30.9 Å². The lowest BCUT2D eigenvalue weighted by Crippen LogP contribution is -2.58. The number of H-pyrrole nitrogens is 2. The van der Waals surface area contributed by atoms with E-state index in [0.29, 0.717) is 30.5 Å². The van der Waals surface area contributed by atoms with Crippen molar-refractivity contribution in [1.82, 2.24) is 46.5 Å². The van der Waals surface area contributed by atoms with Crippen molar-refractivity contribution in [2.75, 3.05) is 6.54 Å². The van der Waals surface area contributed by atoms with Crippen LogP contribution in [-0.4, -0.2) is 97.3 Å². The van der Waals surface area contributed by atoms with Crippen molar-refractivity contribution in [3.05, 3.63) is 66.3 Å². The summed E-state index contributed by atoms with van der Waals surface area (Å²) < 4.78 is 0. The maximum atomic E-state index is 14.1. The van der Waals surface area contributed by atoms with Crippen LogP contribution in [0.15, 0.2) is 54.3 Å². The zero-order valence-electron chi connectivity index (χ0n) is 38.1. The van der Waals surface area contributed by atoms with Gasteiger partial charge in [-0.15, -0.1) is 0 Å². The largest absolute Gasteiger partial charge is 0.508 e. The van der Waals surface area contributed by atoms with Crippen LogP contribution < -0.4 is 38.1 Å². The number of phenolic OH excluding ortho intramolecular Hbond substituents is 1. The Bertz CT molecular complexity index is 1820. The van der Waals surface area contributed by atoms with Gasteiger partial charge in [0.25, 0.3) is 0 Å². The van der Waals surface area contributed by atoms with Gasteiger partial charge in [-0.1, -0.05) is 96.1 Å². The number of rotatable bonds is 33. The highest BCUT2D eigenvalue weighted by Gasteiger charge is 2.31. The van der Waals surface area contributed by atoms with Gasteiger partial charge in [0.15, 0.2) is 5.96 Å². The highest BCUT2D eigenvalue weighted by molar-refractivity contribution is 5.95. The number of guanidine groups is 1. The number of benzene rings is 1. The second-order valence-corrected chi connectivity index (χ2v) is 16.8. The summed E-state index contributed by atoms with van der Waals surface area (Å²) in [6.07, 6.45) is 23.1. The predicted molar refractivity (Wildman–Crippen MR) is 248 cm³/mol. The number of nitrogens with one attached hydrogen (secondary N) is 7. The SMILES string of the molecule is CCCCCCCCCCCCCCCC(=O)N[C@@H](Cc1cnc[nH]1)C(=O)N[C@@H](C)C(=O)N[C@@H](Cc1ccc(O)cc1)C(=O)N[C@@H](CCCN=C(N)N)C(=O)N[C@H](C)Cc1cnc[nH]1. The molecule has 0 unspecified atom stereocenters. The molecule has 18 nitrogen and oxygen atoms in total. The molecule has 0 saturated heterocycles. The Morgan fingerprint density at radius 2 is 1.14 bits per heavy atom. The average molecular weight is 891 g/mol. The van der Waals surface area contributed by atoms with Gasteiger partial charge in [-0.3, -0.25) is 29.0 Å². The number of carbonyl (C=O) groups is 5. The highest BCUT2D eigenvalue weighted by Crippen LogP contribution is 2.15. The topological polar surface area (TPSA) is 287 Å². The number of nitrogens with two attached hydrogens (primary N) is 2. The van der Waals surface area contributed by atoms with Gasteiger partial charge < -0.3 is 53.1 Å². The Kier molecular flexibility index (Phi) is 24.7. The fourth-order valence-electron chi connectivity index (χ4n) is 7.31. The standard InChI is InChI=1S/C46H74N12O6/c1-4-5-6-7-8-9-10-11-12-13-14-15-16-19-41(60)56-40(27-36-29-50-31-53-36)44(63)55-33(3)42(61)58-39(26-34-20-22-37(59)23-21-34)45(64)57-38(18-17-24-51-46(47)48)43(62)54-32(2)25-35-28-49-30-52-35/h20-23,28-33,38-40,59H,4-19,24-27H2,1-3H3,(H,49,52)(H,50,53)(H,54,62)(H,55,63)(H,56,60)(H,57,64)(H,58,61)(H4,47,48,51)/t32-,33+,38+,39+,40+/m1/s1. The van der Waals surface area contributed by atoms with Crippen molar-refractivity contribution in [2.45, 2.75) is 173 Å². The zero-order chi connectivity index (χ0) is 46.5. The van der Waals surface area contributed by atoms with Crippen molar-refractivity contribution in [2.24, 2.45) is 16.5 Å². The van der Waals surface area contributed by atoms with Crippen molar-refractivity contribution >= 4 is 35.5 Å². The molecular formula is C46H74N12O6. The molecule has 5 atom stereocenters. The molecule has 2 heterocycles. The van der Waals surface area contributed by atoms with E-state index in [1.807, 2.05) is 6.92 Å². The van der Waals surface area contributed by atoms with Crippen LogP contribution in [0.3, 0.4) is 0 Å². The van der Waals surface area contributed by atoms with Crippen molar-refractivity contribution < 1.29 is 29.1 Å². The number of aromatic nitrogens is 4. The van der Waals surface area contributed by atoms with Gasteiger partial charge in [-0.2, -0.15) is 0 Å². The normalized spacial score (nSPS) is 13.4. The Morgan fingerprint density at radius 1 is 0.625 bits per heavy atom. The molecule has 0 bridgehead atoms. The lowest BCUT2D eigenvalue weighted by atomic mass is 10.0. The third-order valence-corrected chi connectivity index (χ3v) is 10.9. The minimum absolute atomic E-state index is 0.00517. The molecule has 0 saturated carbocycles. The predicted octanol–water partition coefficient (Wildman–Crippen LogP) is 3.87. The Hall–Kier alpha value is -5.94. The number of hydrogen-bond donors (Lipinski definition) is 10. The lowest BCUT2D eigenvalue weighted by Gasteiger charge is -2.26. The lowest BCUT2D eigenvalue weighted by molar-refractivity contribution is -0.134. The molecule has 64 heavy (non-hydrogen) atoms. The third-order valence-electron chi connectivity index (χ3n) is 10.9. The van der Waals surface area contributed by atoms with E-state index in [0.717, 1.165) is 25.0 Å². The number of phenols is 1. The fraction of sp³-hybridized carbons (Fsp3) is 0.609. The monoisotopic (exact) mass is 891 g/mol. The molecule has 12 N–H and O–H groups in total. The summed E-state index contributed by atoms with van der Waals surface area (Å²) in [5, 5.41) is 23.9. The van der Waals surface area contributed by atoms with Gasteiger partial charge in [-0.05, 0) is 50.8 Å². The first kappa shape index (κ1) is 52.4. The highest BCUT2D eigenvalue weighted by atomic mass is 16.3. The summed E-state index contributed by atoms with van der Waals surface area (Å²) in [6.45, 7) is 5.76. The van der Waals surface area contributed by atoms with Crippen LogP contribution in [-0.2, 0) is 43.2 Å². The molecule has 3 rings (SSSR count). The zero-order valence-corrected chi connectivity index (χ0v) is 38.1. The summed E-state index contributed by atoms with van der Waals surface area (Å²) in [5.74, 6) is -2.70. The average Bonchev–Trinajstić information content (AvgIpc) is 3.98. The molecule has 2 aromatic heterocycles. The Morgan fingerprint density at radius 3 is 1.70 bits per heavy atom. The van der Waals surface area contributed by atoms with E-state index in [2.05, 4.69) is 58.4 Å². The van der Waals surface area contributed by atoms with Crippen molar-refractivity contribution in [1.29, 1.82) is 0 Å². The minimum atomic E-state index is -1.20. The summed E-state index contributed by atoms with van der Waals surface area (Å²) in [4.78, 5) is 86.2. The van der Waals surface area contributed by atoms with E-state index in [4.69, 9.17) is 11.5 Å². The molecular weight excluding hydrogens is 817 g/mol. The molecule has 18 heteroatoms. The molecule has 0 radical (unpaired) electrons. The van der Waals surface area contributed by atoms with Crippen molar-refractivity contribution in [3.63, 3.8) is 0 Å². The van der Waals surface area contributed by atoms with Gasteiger partial charge in [0.2, 0.25) is 29.5 Å². The van der Waals surface area contributed by atoms with Gasteiger partial charge in [0.05, 0.1) is 12.7 Å². The molecule has 0 aliphatic rings. The number of carbonyl (C=O) groups excluding carboxylic acids is 5. The Balaban J connectivity index is 1.61. The third kappa shape index (κ3) is 21.9. The van der Waals surface area contributed by atoms with E-state index in [-0.39, 0.29) is 55.9 Å². The van der Waals surface area contributed by atoms with Crippen LogP contribution in [0.5, 0.6) is 5.75 Å². The number of unbranched alkanes of at least 4 members (excludes halogenated alkanes) is 12. The van der Waals surface area contributed by atoms with Gasteiger partial charge in [0.1, 0.15) is 29.9 Å². The van der Waals surface area contributed by atoms with Crippen LogP contribution >= 0.6 is 0 Å². The fourth-order valence-corrected chi connectivity index (χ4v) is 7.31. The van der Waals surface area contributed by atoms with Crippen LogP contribution in [0.2, 0.25) is 0 Å². The number of hydrogen-bond acceptors (Lipinski definition) is 9. The molecule has 0 aliphatic carbocycles. The molecule has 3 aromatic rings. The second kappa shape index (κ2) is 30.2. The van der Waals surface area contributed by atoms with Gasteiger partial charge >= 0.3 is 0 Å². The van der Waals surface area contributed by atoms with E-state index >= 15 is 0 Å². The number of aromatic amines is 2. The number of imidazole rings is 2. The first-order valence-electron chi connectivity index (χ1n) is 23.1. The molecule has 1 aromatic carbocycles. The molecule has 0 fully saturated rings. The van der Waals surface area contributed by atoms with Crippen LogP contribution in [0, 0.1) is 0 Å². The summed E-state index contributed by atoms with van der Waals surface area (Å²) in [7, 11) is 0. The van der Waals surface area contributed by atoms with Crippen LogP contribution in [0.1, 0.15) is 140 Å². The smallest absolute Gasteiger partial charge is 0.243 e. The number of nitrogens with zero attached hydrogens (tertiary/aromatic N) is 3. The van der Waals surface area contributed by atoms with E-state index in [9.17, 15) is 29.1 Å². The number of aromatic hydroxyl groups is 1. The number of aliphatic imine (C=N–C) groups is 1. The molecule has 5 amide bonds. The Labute approximate surface area is 378 Å². The molecule has 0 aliphatic heterocycles. The summed E-state index contributed by atoms with van der Waals surface area (Å²) >= 11 is 0. The maximum absolute atomic E-state index is 14.1. The summed E-state index contributed by atoms with van der Waals surface area (Å²) in [6, 6.07) is 1.48. The van der Waals surface area contributed by atoms with Crippen LogP contribution in [0.25, 0.3) is 0 Å². The van der Waals surface area contributed by atoms with Crippen LogP contribution in [0.4, 0.5) is 0 Å². The molecule has 0 spiro atoms. The summed E-state index contributed by atoms with van der Waals surface area (Å²) in [5.41, 5.74) is 13.0. The van der Waals surface area contributed by atoms with E-state index in [1.165, 1.54) is 83.2 Å².